The lowest BCUT2D eigenvalue weighted by molar-refractivity contribution is 0.0716. The molecule has 0 fully saturated rings. The third kappa shape index (κ3) is 3.40. The molecular formula is C23H22BrNO6. The highest BCUT2D eigenvalue weighted by atomic mass is 79.9. The lowest BCUT2D eigenvalue weighted by Gasteiger charge is -2.25. The number of aliphatic hydroxyl groups is 1. The van der Waals surface area contributed by atoms with E-state index in [0.29, 0.717) is 27.4 Å². The van der Waals surface area contributed by atoms with Crippen molar-refractivity contribution in [2.24, 2.45) is 0 Å². The number of amides is 1. The summed E-state index contributed by atoms with van der Waals surface area (Å²) in [6, 6.07) is 6.19. The second kappa shape index (κ2) is 8.01. The molecule has 0 saturated carbocycles. The smallest absolute Gasteiger partial charge is 0.290 e. The minimum atomic E-state index is -0.735. The van der Waals surface area contributed by atoms with Crippen molar-refractivity contribution in [2.75, 3.05) is 20.3 Å². The minimum absolute atomic E-state index is 0.00978. The highest BCUT2D eigenvalue weighted by Crippen LogP contribution is 2.43. The maximum atomic E-state index is 13.6. The molecule has 8 heteroatoms. The number of fused-ring (bicyclic) bond motifs is 2. The summed E-state index contributed by atoms with van der Waals surface area (Å²) in [5, 5.41) is 20.0. The van der Waals surface area contributed by atoms with E-state index >= 15 is 0 Å². The summed E-state index contributed by atoms with van der Waals surface area (Å²) in [7, 11) is 1.43. The number of aliphatic hydroxyl groups excluding tert-OH is 1. The van der Waals surface area contributed by atoms with Crippen LogP contribution in [0.25, 0.3) is 11.0 Å². The number of halogens is 1. The van der Waals surface area contributed by atoms with E-state index in [4.69, 9.17) is 9.15 Å². The van der Waals surface area contributed by atoms with E-state index in [1.807, 2.05) is 19.9 Å². The third-order valence-electron chi connectivity index (χ3n) is 5.54. The summed E-state index contributed by atoms with van der Waals surface area (Å²) in [6.07, 6.45) is 0.346. The second-order valence-electron chi connectivity index (χ2n) is 7.66. The van der Waals surface area contributed by atoms with Crippen molar-refractivity contribution in [1.29, 1.82) is 0 Å². The number of hydrogen-bond acceptors (Lipinski definition) is 6. The molecule has 3 aromatic rings. The first-order valence-corrected chi connectivity index (χ1v) is 10.6. The first kappa shape index (κ1) is 21.4. The van der Waals surface area contributed by atoms with Crippen LogP contribution in [0.15, 0.2) is 37.9 Å². The number of hydrogen-bond donors (Lipinski definition) is 2. The molecule has 0 bridgehead atoms. The molecule has 2 aromatic carbocycles. The number of phenols is 1. The lowest BCUT2D eigenvalue weighted by atomic mass is 9.97. The summed E-state index contributed by atoms with van der Waals surface area (Å²) in [5.74, 6) is -0.259. The van der Waals surface area contributed by atoms with Crippen LogP contribution < -0.4 is 10.2 Å². The number of carbonyl (C=O) groups excluding carboxylic acids is 1. The van der Waals surface area contributed by atoms with Gasteiger partial charge in [-0.15, -0.1) is 0 Å². The molecule has 162 valence electrons. The Kier molecular flexibility index (Phi) is 5.53. The molecule has 1 aliphatic rings. The van der Waals surface area contributed by atoms with E-state index in [9.17, 15) is 19.8 Å². The average molecular weight is 488 g/mol. The standard InChI is InChI=1S/C23H22BrNO6/c1-11-7-12(2)21-14(8-11)19(27)17-18(13-9-15(24)20(28)16(10-13)30-3)25(5-4-6-26)23(29)22(17)31-21/h7-10,18,26,28H,4-6H2,1-3H3. The number of carbonyl (C=O) groups is 1. The molecule has 1 aliphatic heterocycles. The summed E-state index contributed by atoms with van der Waals surface area (Å²) in [4.78, 5) is 28.4. The Morgan fingerprint density at radius 2 is 1.94 bits per heavy atom. The number of aryl methyl sites for hydroxylation is 2. The van der Waals surface area contributed by atoms with Gasteiger partial charge in [-0.3, -0.25) is 9.59 Å². The van der Waals surface area contributed by atoms with Crippen LogP contribution in [-0.4, -0.2) is 41.3 Å². The van der Waals surface area contributed by atoms with Gasteiger partial charge in [0.2, 0.25) is 5.76 Å². The van der Waals surface area contributed by atoms with Crippen molar-refractivity contribution in [3.63, 3.8) is 0 Å². The molecule has 2 heterocycles. The Morgan fingerprint density at radius 3 is 2.61 bits per heavy atom. The number of phenolic OH excluding ortho intramolecular Hbond substituents is 1. The summed E-state index contributed by atoms with van der Waals surface area (Å²) in [5.41, 5.74) is 2.67. The molecule has 7 nitrogen and oxygen atoms in total. The average Bonchev–Trinajstić information content (AvgIpc) is 3.01. The SMILES string of the molecule is COc1cc(C2c3c(oc4c(C)cc(C)cc4c3=O)C(=O)N2CCCO)cc(Br)c1O. The van der Waals surface area contributed by atoms with Gasteiger partial charge in [-0.1, -0.05) is 6.07 Å². The maximum absolute atomic E-state index is 13.6. The van der Waals surface area contributed by atoms with Crippen LogP contribution in [0.5, 0.6) is 11.5 Å². The molecule has 1 unspecified atom stereocenters. The Morgan fingerprint density at radius 1 is 1.19 bits per heavy atom. The van der Waals surface area contributed by atoms with Crippen LogP contribution in [-0.2, 0) is 0 Å². The number of aromatic hydroxyl groups is 1. The van der Waals surface area contributed by atoms with Crippen molar-refractivity contribution in [3.8, 4) is 11.5 Å². The summed E-state index contributed by atoms with van der Waals surface area (Å²) in [6.45, 7) is 3.88. The molecule has 0 radical (unpaired) electrons. The van der Waals surface area contributed by atoms with Crippen molar-refractivity contribution >= 4 is 32.8 Å². The molecule has 0 spiro atoms. The molecule has 0 aliphatic carbocycles. The van der Waals surface area contributed by atoms with Gasteiger partial charge in [-0.2, -0.15) is 0 Å². The number of benzene rings is 2. The number of methoxy groups -OCH3 is 1. The normalized spacial score (nSPS) is 15.6. The van der Waals surface area contributed by atoms with Gasteiger partial charge in [0.05, 0.1) is 28.6 Å². The van der Waals surface area contributed by atoms with Crippen LogP contribution in [0.3, 0.4) is 0 Å². The first-order chi connectivity index (χ1) is 14.8. The zero-order valence-electron chi connectivity index (χ0n) is 17.4. The first-order valence-electron chi connectivity index (χ1n) is 9.84. The molecule has 31 heavy (non-hydrogen) atoms. The number of rotatable bonds is 5. The highest BCUT2D eigenvalue weighted by molar-refractivity contribution is 9.10. The Hall–Kier alpha value is -2.84. The number of ether oxygens (including phenoxy) is 1. The minimum Gasteiger partial charge on any atom is -0.503 e. The predicted molar refractivity (Wildman–Crippen MR) is 119 cm³/mol. The van der Waals surface area contributed by atoms with Crippen molar-refractivity contribution in [1.82, 2.24) is 4.90 Å². The van der Waals surface area contributed by atoms with Gasteiger partial charge in [0.1, 0.15) is 5.58 Å². The van der Waals surface area contributed by atoms with Crippen LogP contribution in [0, 0.1) is 13.8 Å². The van der Waals surface area contributed by atoms with Gasteiger partial charge >= 0.3 is 0 Å². The van der Waals surface area contributed by atoms with E-state index in [1.165, 1.54) is 12.0 Å². The van der Waals surface area contributed by atoms with Crippen molar-refractivity contribution < 1.29 is 24.2 Å². The van der Waals surface area contributed by atoms with Gasteiger partial charge in [0, 0.05) is 13.2 Å². The van der Waals surface area contributed by atoms with E-state index in [2.05, 4.69) is 15.9 Å². The van der Waals surface area contributed by atoms with E-state index < -0.39 is 11.9 Å². The van der Waals surface area contributed by atoms with E-state index in [0.717, 1.165) is 11.1 Å². The fraction of sp³-hybridized carbons (Fsp3) is 0.304. The second-order valence-corrected chi connectivity index (χ2v) is 8.52. The summed E-state index contributed by atoms with van der Waals surface area (Å²) >= 11 is 3.31. The Balaban J connectivity index is 2.03. The van der Waals surface area contributed by atoms with E-state index in [-0.39, 0.29) is 41.4 Å². The van der Waals surface area contributed by atoms with Crippen LogP contribution in [0.4, 0.5) is 0 Å². The van der Waals surface area contributed by atoms with Crippen LogP contribution in [0.2, 0.25) is 0 Å². The molecule has 1 atom stereocenters. The Bertz CT molecular complexity index is 1270. The topological polar surface area (TPSA) is 100 Å². The zero-order valence-corrected chi connectivity index (χ0v) is 18.9. The van der Waals surface area contributed by atoms with Crippen molar-refractivity contribution in [3.05, 3.63) is 67.0 Å². The maximum Gasteiger partial charge on any atom is 0.290 e. The molecular weight excluding hydrogens is 466 g/mol. The zero-order chi connectivity index (χ0) is 22.4. The predicted octanol–water partition coefficient (Wildman–Crippen LogP) is 3.81. The number of nitrogens with zero attached hydrogens (tertiary/aromatic N) is 1. The van der Waals surface area contributed by atoms with Crippen molar-refractivity contribution in [2.45, 2.75) is 26.3 Å². The molecule has 4 rings (SSSR count). The molecule has 0 saturated heterocycles. The van der Waals surface area contributed by atoms with Gasteiger partial charge in [-0.05, 0) is 71.1 Å². The fourth-order valence-corrected chi connectivity index (χ4v) is 4.66. The molecule has 1 aromatic heterocycles. The van der Waals surface area contributed by atoms with Gasteiger partial charge < -0.3 is 24.3 Å². The fourth-order valence-electron chi connectivity index (χ4n) is 4.20. The third-order valence-corrected chi connectivity index (χ3v) is 6.15. The van der Waals surface area contributed by atoms with Gasteiger partial charge in [0.25, 0.3) is 5.91 Å². The quantitative estimate of drug-likeness (QED) is 0.567. The molecule has 1 amide bonds. The summed E-state index contributed by atoms with van der Waals surface area (Å²) < 4.78 is 11.7. The Labute approximate surface area is 187 Å². The highest BCUT2D eigenvalue weighted by Gasteiger charge is 2.43. The van der Waals surface area contributed by atoms with Gasteiger partial charge in [0.15, 0.2) is 16.9 Å². The molecule has 2 N–H and O–H groups in total. The van der Waals surface area contributed by atoms with Crippen LogP contribution in [0.1, 0.15) is 45.3 Å². The van der Waals surface area contributed by atoms with Crippen LogP contribution >= 0.6 is 15.9 Å². The lowest BCUT2D eigenvalue weighted by Crippen LogP contribution is -2.31. The largest absolute Gasteiger partial charge is 0.503 e. The van der Waals surface area contributed by atoms with E-state index in [1.54, 1.807) is 18.2 Å². The monoisotopic (exact) mass is 487 g/mol. The van der Waals surface area contributed by atoms with Gasteiger partial charge in [-0.25, -0.2) is 0 Å².